The zero-order valence-corrected chi connectivity index (χ0v) is 14.4. The predicted octanol–water partition coefficient (Wildman–Crippen LogP) is 3.85. The molecule has 0 amide bonds. The zero-order chi connectivity index (χ0) is 16.6. The molecule has 0 spiro atoms. The maximum atomic E-state index is 12.7. The maximum Gasteiger partial charge on any atom is 0.315 e. The number of hydrogen-bond acceptors (Lipinski definition) is 4. The van der Waals surface area contributed by atoms with Gasteiger partial charge in [0.1, 0.15) is 11.9 Å². The average Bonchev–Trinajstić information content (AvgIpc) is 3.16. The molecule has 3 rings (SSSR count). The summed E-state index contributed by atoms with van der Waals surface area (Å²) in [6.45, 7) is 6.39. The zero-order valence-electron chi connectivity index (χ0n) is 14.4. The molecule has 5 atom stereocenters. The van der Waals surface area contributed by atoms with E-state index in [1.807, 2.05) is 6.92 Å². The van der Waals surface area contributed by atoms with E-state index < -0.39 is 0 Å². The monoisotopic (exact) mass is 320 g/mol. The van der Waals surface area contributed by atoms with Crippen molar-refractivity contribution in [2.75, 3.05) is 0 Å². The van der Waals surface area contributed by atoms with Crippen molar-refractivity contribution in [3.63, 3.8) is 0 Å². The Morgan fingerprint density at radius 2 is 2.04 bits per heavy atom. The number of ether oxygens (including phenoxy) is 2. The van der Waals surface area contributed by atoms with Gasteiger partial charge in [0.2, 0.25) is 0 Å². The summed E-state index contributed by atoms with van der Waals surface area (Å²) in [6, 6.07) is 0. The standard InChI is InChI=1S/C19H28O4/c1-4-11(5-2)7-8-13(6-3)22-18(20)16-12-9-14-15(10-12)23-19(21)17(14)16/h8,11-12,14-17H,4-7,9-10H2,1-3H3/b13-8+. The molecule has 3 fully saturated rings. The van der Waals surface area contributed by atoms with Crippen molar-refractivity contribution in [1.29, 1.82) is 0 Å². The van der Waals surface area contributed by atoms with Crippen LogP contribution in [-0.2, 0) is 19.1 Å². The first-order valence-electron chi connectivity index (χ1n) is 9.20. The molecule has 2 bridgehead atoms. The fraction of sp³-hybridized carbons (Fsp3) is 0.789. The third-order valence-electron chi connectivity index (χ3n) is 6.17. The molecule has 128 valence electrons. The predicted molar refractivity (Wildman–Crippen MR) is 86.2 cm³/mol. The van der Waals surface area contributed by atoms with Gasteiger partial charge in [0, 0.05) is 12.3 Å². The summed E-state index contributed by atoms with van der Waals surface area (Å²) in [5.74, 6) is 1.00. The number of esters is 2. The Hall–Kier alpha value is -1.32. The van der Waals surface area contributed by atoms with Gasteiger partial charge in [0.05, 0.1) is 11.8 Å². The van der Waals surface area contributed by atoms with Gasteiger partial charge in [-0.05, 0) is 37.2 Å². The molecule has 0 aromatic rings. The van der Waals surface area contributed by atoms with Crippen LogP contribution in [0.3, 0.4) is 0 Å². The lowest BCUT2D eigenvalue weighted by molar-refractivity contribution is -0.152. The number of carbonyl (C=O) groups excluding carboxylic acids is 2. The number of carbonyl (C=O) groups is 2. The molecule has 2 aliphatic carbocycles. The van der Waals surface area contributed by atoms with Crippen LogP contribution in [0.15, 0.2) is 11.8 Å². The molecule has 23 heavy (non-hydrogen) atoms. The Kier molecular flexibility index (Phi) is 4.79. The lowest BCUT2D eigenvalue weighted by Crippen LogP contribution is -2.33. The van der Waals surface area contributed by atoms with Gasteiger partial charge in [-0.15, -0.1) is 0 Å². The van der Waals surface area contributed by atoms with E-state index in [-0.39, 0.29) is 41.7 Å². The van der Waals surface area contributed by atoms with Crippen molar-refractivity contribution in [2.45, 2.75) is 65.4 Å². The maximum absolute atomic E-state index is 12.7. The first kappa shape index (κ1) is 16.5. The Morgan fingerprint density at radius 3 is 2.70 bits per heavy atom. The molecule has 0 aromatic heterocycles. The van der Waals surface area contributed by atoms with E-state index in [9.17, 15) is 9.59 Å². The van der Waals surface area contributed by atoms with Crippen molar-refractivity contribution in [1.82, 2.24) is 0 Å². The van der Waals surface area contributed by atoms with Crippen molar-refractivity contribution in [3.8, 4) is 0 Å². The number of fused-ring (bicyclic) bond motifs is 1. The van der Waals surface area contributed by atoms with E-state index in [1.54, 1.807) is 0 Å². The Morgan fingerprint density at radius 1 is 1.30 bits per heavy atom. The van der Waals surface area contributed by atoms with Crippen LogP contribution in [0.2, 0.25) is 0 Å². The summed E-state index contributed by atoms with van der Waals surface area (Å²) in [7, 11) is 0. The minimum Gasteiger partial charge on any atom is -0.462 e. The molecule has 4 nitrogen and oxygen atoms in total. The second-order valence-corrected chi connectivity index (χ2v) is 7.29. The quantitative estimate of drug-likeness (QED) is 0.528. The molecular formula is C19H28O4. The molecule has 1 heterocycles. The largest absolute Gasteiger partial charge is 0.462 e. The van der Waals surface area contributed by atoms with Crippen LogP contribution in [0.4, 0.5) is 0 Å². The smallest absolute Gasteiger partial charge is 0.315 e. The highest BCUT2D eigenvalue weighted by Crippen LogP contribution is 2.58. The summed E-state index contributed by atoms with van der Waals surface area (Å²) in [6.07, 6.45) is 7.86. The Labute approximate surface area is 138 Å². The second-order valence-electron chi connectivity index (χ2n) is 7.29. The van der Waals surface area contributed by atoms with E-state index in [1.165, 1.54) is 0 Å². The van der Waals surface area contributed by atoms with Gasteiger partial charge >= 0.3 is 11.9 Å². The second kappa shape index (κ2) is 6.66. The minimum atomic E-state index is -0.283. The van der Waals surface area contributed by atoms with Crippen LogP contribution in [0, 0.1) is 29.6 Å². The Balaban J connectivity index is 1.64. The molecule has 0 N–H and O–H groups in total. The van der Waals surface area contributed by atoms with Gasteiger partial charge in [-0.2, -0.15) is 0 Å². The third kappa shape index (κ3) is 2.92. The van der Waals surface area contributed by atoms with Gasteiger partial charge < -0.3 is 9.47 Å². The van der Waals surface area contributed by atoms with Gasteiger partial charge in [-0.25, -0.2) is 0 Å². The molecule has 0 radical (unpaired) electrons. The van der Waals surface area contributed by atoms with Crippen molar-refractivity contribution >= 4 is 11.9 Å². The van der Waals surface area contributed by atoms with Crippen LogP contribution >= 0.6 is 0 Å². The third-order valence-corrected chi connectivity index (χ3v) is 6.17. The lowest BCUT2D eigenvalue weighted by atomic mass is 9.80. The van der Waals surface area contributed by atoms with Crippen LogP contribution in [0.25, 0.3) is 0 Å². The highest BCUT2D eigenvalue weighted by atomic mass is 16.6. The number of allylic oxidation sites excluding steroid dienone is 2. The van der Waals surface area contributed by atoms with Crippen LogP contribution in [0.5, 0.6) is 0 Å². The number of hydrogen-bond donors (Lipinski definition) is 0. The van der Waals surface area contributed by atoms with Crippen LogP contribution in [0.1, 0.15) is 59.3 Å². The highest BCUT2D eigenvalue weighted by Gasteiger charge is 2.64. The van der Waals surface area contributed by atoms with Crippen molar-refractivity contribution in [3.05, 3.63) is 11.8 Å². The average molecular weight is 320 g/mol. The molecule has 1 saturated heterocycles. The van der Waals surface area contributed by atoms with Crippen molar-refractivity contribution < 1.29 is 19.1 Å². The van der Waals surface area contributed by atoms with Gasteiger partial charge in [-0.3, -0.25) is 9.59 Å². The molecule has 5 unspecified atom stereocenters. The van der Waals surface area contributed by atoms with E-state index in [2.05, 4.69) is 19.9 Å². The fourth-order valence-electron chi connectivity index (χ4n) is 4.70. The topological polar surface area (TPSA) is 52.6 Å². The van der Waals surface area contributed by atoms with E-state index in [4.69, 9.17) is 9.47 Å². The molecular weight excluding hydrogens is 292 g/mol. The number of rotatable bonds is 7. The first-order chi connectivity index (χ1) is 11.1. The first-order valence-corrected chi connectivity index (χ1v) is 9.20. The summed E-state index contributed by atoms with van der Waals surface area (Å²) < 4.78 is 11.1. The molecule has 4 heteroatoms. The van der Waals surface area contributed by atoms with Crippen molar-refractivity contribution in [2.24, 2.45) is 29.6 Å². The van der Waals surface area contributed by atoms with E-state index in [0.29, 0.717) is 12.3 Å². The normalized spacial score (nSPS) is 35.0. The minimum absolute atomic E-state index is 0.0672. The van der Waals surface area contributed by atoms with E-state index >= 15 is 0 Å². The lowest BCUT2D eigenvalue weighted by Gasteiger charge is -2.23. The summed E-state index contributed by atoms with van der Waals surface area (Å²) in [4.78, 5) is 24.7. The van der Waals surface area contributed by atoms with Crippen LogP contribution < -0.4 is 0 Å². The summed E-state index contributed by atoms with van der Waals surface area (Å²) in [5, 5.41) is 0. The highest BCUT2D eigenvalue weighted by molar-refractivity contribution is 5.86. The fourth-order valence-corrected chi connectivity index (χ4v) is 4.70. The molecule has 0 aromatic carbocycles. The van der Waals surface area contributed by atoms with Crippen LogP contribution in [-0.4, -0.2) is 18.0 Å². The molecule has 1 aliphatic heterocycles. The summed E-state index contributed by atoms with van der Waals surface area (Å²) >= 11 is 0. The summed E-state index contributed by atoms with van der Waals surface area (Å²) in [5.41, 5.74) is 0. The van der Waals surface area contributed by atoms with Gasteiger partial charge in [0.15, 0.2) is 0 Å². The van der Waals surface area contributed by atoms with Gasteiger partial charge in [-0.1, -0.05) is 33.6 Å². The SMILES string of the molecule is CC/C(=C\CC(CC)CC)OC(=O)C1C2CC3OC(=O)C1C3C2. The Bertz CT molecular complexity index is 503. The van der Waals surface area contributed by atoms with Gasteiger partial charge in [0.25, 0.3) is 0 Å². The molecule has 2 saturated carbocycles. The molecule has 3 aliphatic rings. The van der Waals surface area contributed by atoms with E-state index in [0.717, 1.165) is 37.9 Å².